The van der Waals surface area contributed by atoms with Gasteiger partial charge >= 0.3 is 0 Å². The molecule has 0 saturated carbocycles. The average Bonchev–Trinajstić information content (AvgIpc) is 2.61. The van der Waals surface area contributed by atoms with Gasteiger partial charge in [0, 0.05) is 6.54 Å². The Hall–Kier alpha value is -2.61. The van der Waals surface area contributed by atoms with Crippen molar-refractivity contribution in [2.75, 3.05) is 17.2 Å². The topological polar surface area (TPSA) is 75.7 Å². The van der Waals surface area contributed by atoms with Crippen LogP contribution in [-0.2, 0) is 21.4 Å². The first-order chi connectivity index (χ1) is 12.7. The molecule has 1 unspecified atom stereocenters. The number of nitrogens with one attached hydrogen (secondary N) is 1. The number of hydrogen-bond donors (Lipinski definition) is 1. The minimum atomic E-state index is -3.74. The largest absolute Gasteiger partial charge is 0.494 e. The van der Waals surface area contributed by atoms with Crippen molar-refractivity contribution in [3.8, 4) is 5.75 Å². The van der Waals surface area contributed by atoms with Gasteiger partial charge < -0.3 is 10.1 Å². The maximum absolute atomic E-state index is 13.1. The van der Waals surface area contributed by atoms with E-state index in [4.69, 9.17) is 4.74 Å². The number of benzene rings is 2. The molecule has 1 N–H and O–H groups in total. The van der Waals surface area contributed by atoms with Crippen LogP contribution in [0.15, 0.2) is 48.5 Å². The molecule has 6 nitrogen and oxygen atoms in total. The highest BCUT2D eigenvalue weighted by atomic mass is 32.2. The molecule has 2 rings (SSSR count). The lowest BCUT2D eigenvalue weighted by Gasteiger charge is -2.28. The predicted molar refractivity (Wildman–Crippen MR) is 103 cm³/mol. The predicted octanol–water partition coefficient (Wildman–Crippen LogP) is 2.70. The number of sulfonamides is 1. The van der Waals surface area contributed by atoms with E-state index in [-0.39, 0.29) is 12.2 Å². The van der Waals surface area contributed by atoms with Crippen molar-refractivity contribution in [1.82, 2.24) is 5.32 Å². The number of rotatable bonds is 8. The fraction of sp³-hybridized carbons (Fsp3) is 0.316. The van der Waals surface area contributed by atoms with Crippen molar-refractivity contribution >= 4 is 21.6 Å². The number of carbonyl (C=O) groups excluding carboxylic acids is 1. The van der Waals surface area contributed by atoms with Crippen LogP contribution in [0.1, 0.15) is 19.4 Å². The smallest absolute Gasteiger partial charge is 0.243 e. The van der Waals surface area contributed by atoms with Gasteiger partial charge in [-0.25, -0.2) is 12.8 Å². The van der Waals surface area contributed by atoms with Gasteiger partial charge in [-0.1, -0.05) is 12.1 Å². The van der Waals surface area contributed by atoms with E-state index in [1.807, 2.05) is 31.2 Å². The van der Waals surface area contributed by atoms with Crippen LogP contribution in [0.4, 0.5) is 10.1 Å². The number of halogens is 1. The van der Waals surface area contributed by atoms with Gasteiger partial charge in [-0.3, -0.25) is 9.10 Å². The molecule has 8 heteroatoms. The Morgan fingerprint density at radius 3 is 2.48 bits per heavy atom. The van der Waals surface area contributed by atoms with Crippen LogP contribution in [0.25, 0.3) is 0 Å². The Morgan fingerprint density at radius 2 is 1.89 bits per heavy atom. The van der Waals surface area contributed by atoms with E-state index < -0.39 is 27.8 Å². The Labute approximate surface area is 159 Å². The highest BCUT2D eigenvalue weighted by molar-refractivity contribution is 7.92. The molecule has 0 radical (unpaired) electrons. The molecule has 2 aromatic rings. The second kappa shape index (κ2) is 8.85. The summed E-state index contributed by atoms with van der Waals surface area (Å²) in [5, 5.41) is 2.73. The SMILES string of the molecule is CCOc1cccc(CNC(=O)C(C)N(c2ccc(F)cc2)S(C)(=O)=O)c1. The van der Waals surface area contributed by atoms with Gasteiger partial charge in [0.1, 0.15) is 17.6 Å². The molecule has 0 aliphatic carbocycles. The lowest BCUT2D eigenvalue weighted by atomic mass is 10.2. The quantitative estimate of drug-likeness (QED) is 0.747. The van der Waals surface area contributed by atoms with Crippen LogP contribution in [0.3, 0.4) is 0 Å². The van der Waals surface area contributed by atoms with E-state index in [2.05, 4.69) is 5.32 Å². The maximum atomic E-state index is 13.1. The molecular formula is C19H23FN2O4S. The molecule has 0 aliphatic heterocycles. The summed E-state index contributed by atoms with van der Waals surface area (Å²) in [6, 6.07) is 11.2. The molecule has 0 spiro atoms. The van der Waals surface area contributed by atoms with Gasteiger partial charge in [0.15, 0.2) is 0 Å². The fourth-order valence-corrected chi connectivity index (χ4v) is 3.82. The number of carbonyl (C=O) groups is 1. The van der Waals surface area contributed by atoms with E-state index in [0.717, 1.165) is 28.3 Å². The minimum Gasteiger partial charge on any atom is -0.494 e. The van der Waals surface area contributed by atoms with Gasteiger partial charge in [-0.2, -0.15) is 0 Å². The normalized spacial score (nSPS) is 12.3. The van der Waals surface area contributed by atoms with Crippen LogP contribution < -0.4 is 14.4 Å². The number of anilines is 1. The van der Waals surface area contributed by atoms with Crippen molar-refractivity contribution in [2.45, 2.75) is 26.4 Å². The zero-order valence-corrected chi connectivity index (χ0v) is 16.3. The molecule has 2 aromatic carbocycles. The van der Waals surface area contributed by atoms with E-state index >= 15 is 0 Å². The molecular weight excluding hydrogens is 371 g/mol. The summed E-state index contributed by atoms with van der Waals surface area (Å²) >= 11 is 0. The van der Waals surface area contributed by atoms with Crippen LogP contribution >= 0.6 is 0 Å². The van der Waals surface area contributed by atoms with Gasteiger partial charge in [0.05, 0.1) is 18.6 Å². The van der Waals surface area contributed by atoms with E-state index in [9.17, 15) is 17.6 Å². The van der Waals surface area contributed by atoms with E-state index in [1.165, 1.54) is 19.1 Å². The van der Waals surface area contributed by atoms with Gasteiger partial charge in [0.25, 0.3) is 0 Å². The third kappa shape index (κ3) is 5.68. The molecule has 0 heterocycles. The fourth-order valence-electron chi connectivity index (χ4n) is 2.65. The maximum Gasteiger partial charge on any atom is 0.243 e. The van der Waals surface area contributed by atoms with Gasteiger partial charge in [0.2, 0.25) is 15.9 Å². The molecule has 0 aromatic heterocycles. The average molecular weight is 394 g/mol. The first-order valence-corrected chi connectivity index (χ1v) is 10.3. The lowest BCUT2D eigenvalue weighted by Crippen LogP contribution is -2.47. The summed E-state index contributed by atoms with van der Waals surface area (Å²) in [7, 11) is -3.74. The van der Waals surface area contributed by atoms with Crippen molar-refractivity contribution < 1.29 is 22.3 Å². The van der Waals surface area contributed by atoms with Gasteiger partial charge in [-0.15, -0.1) is 0 Å². The summed E-state index contributed by atoms with van der Waals surface area (Å²) in [5.41, 5.74) is 1.05. The van der Waals surface area contributed by atoms with Crippen LogP contribution in [0.2, 0.25) is 0 Å². The third-order valence-electron chi connectivity index (χ3n) is 3.85. The van der Waals surface area contributed by atoms with E-state index in [0.29, 0.717) is 12.4 Å². The zero-order chi connectivity index (χ0) is 20.0. The molecule has 146 valence electrons. The van der Waals surface area contributed by atoms with Crippen molar-refractivity contribution in [1.29, 1.82) is 0 Å². The van der Waals surface area contributed by atoms with E-state index in [1.54, 1.807) is 0 Å². The van der Waals surface area contributed by atoms with Crippen molar-refractivity contribution in [2.24, 2.45) is 0 Å². The minimum absolute atomic E-state index is 0.222. The molecule has 1 atom stereocenters. The molecule has 0 aliphatic rings. The highest BCUT2D eigenvalue weighted by Gasteiger charge is 2.28. The monoisotopic (exact) mass is 394 g/mol. The molecule has 0 fully saturated rings. The third-order valence-corrected chi connectivity index (χ3v) is 5.09. The standard InChI is InChI=1S/C19H23FN2O4S/c1-4-26-18-7-5-6-15(12-18)13-21-19(23)14(2)22(27(3,24)25)17-10-8-16(20)9-11-17/h5-12,14H,4,13H2,1-3H3,(H,21,23). The number of amides is 1. The summed E-state index contributed by atoms with van der Waals surface area (Å²) in [5.74, 6) is -0.258. The molecule has 0 saturated heterocycles. The van der Waals surface area contributed by atoms with Crippen LogP contribution in [0, 0.1) is 5.82 Å². The first-order valence-electron chi connectivity index (χ1n) is 8.46. The number of ether oxygens (including phenoxy) is 1. The van der Waals surface area contributed by atoms with Crippen LogP contribution in [0.5, 0.6) is 5.75 Å². The zero-order valence-electron chi connectivity index (χ0n) is 15.5. The summed E-state index contributed by atoms with van der Waals surface area (Å²) < 4.78 is 43.9. The molecule has 27 heavy (non-hydrogen) atoms. The highest BCUT2D eigenvalue weighted by Crippen LogP contribution is 2.21. The van der Waals surface area contributed by atoms with Crippen molar-refractivity contribution in [3.63, 3.8) is 0 Å². The Balaban J connectivity index is 2.13. The summed E-state index contributed by atoms with van der Waals surface area (Å²) in [6.07, 6.45) is 1.01. The molecule has 0 bridgehead atoms. The summed E-state index contributed by atoms with van der Waals surface area (Å²) in [6.45, 7) is 4.13. The van der Waals surface area contributed by atoms with Crippen LogP contribution in [-0.4, -0.2) is 33.2 Å². The Bertz CT molecular complexity index is 885. The first kappa shape index (κ1) is 20.7. The number of hydrogen-bond acceptors (Lipinski definition) is 4. The number of nitrogens with zero attached hydrogens (tertiary/aromatic N) is 1. The lowest BCUT2D eigenvalue weighted by molar-refractivity contribution is -0.122. The Morgan fingerprint density at radius 1 is 1.22 bits per heavy atom. The second-order valence-electron chi connectivity index (χ2n) is 6.01. The summed E-state index contributed by atoms with van der Waals surface area (Å²) in [4.78, 5) is 12.5. The second-order valence-corrected chi connectivity index (χ2v) is 7.87. The van der Waals surface area contributed by atoms with Gasteiger partial charge in [-0.05, 0) is 55.8 Å². The molecule has 1 amide bonds. The van der Waals surface area contributed by atoms with Crippen molar-refractivity contribution in [3.05, 3.63) is 59.9 Å². The Kier molecular flexibility index (Phi) is 6.79.